The molecule has 142 valence electrons. The van der Waals surface area contributed by atoms with E-state index in [1.54, 1.807) is 12.3 Å². The lowest BCUT2D eigenvalue weighted by molar-refractivity contribution is 0.0686. The highest BCUT2D eigenvalue weighted by molar-refractivity contribution is 7.98. The maximum Gasteiger partial charge on any atom is 0.319 e. The van der Waals surface area contributed by atoms with Gasteiger partial charge < -0.3 is 15.5 Å². The molecule has 1 aromatic heterocycles. The number of rotatable bonds is 5. The van der Waals surface area contributed by atoms with Crippen LogP contribution in [0.25, 0.3) is 0 Å². The Morgan fingerprint density at radius 2 is 1.89 bits per heavy atom. The fourth-order valence-corrected chi connectivity index (χ4v) is 3.70. The third kappa shape index (κ3) is 5.23. The number of nitrogens with zero attached hydrogens (tertiary/aromatic N) is 2. The molecule has 1 aliphatic rings. The maximum absolute atomic E-state index is 12.7. The van der Waals surface area contributed by atoms with Crippen molar-refractivity contribution in [1.29, 1.82) is 0 Å². The summed E-state index contributed by atoms with van der Waals surface area (Å²) in [7, 11) is 0. The fourth-order valence-electron chi connectivity index (χ4n) is 3.16. The Morgan fingerprint density at radius 1 is 1.15 bits per heavy atom. The van der Waals surface area contributed by atoms with Gasteiger partial charge in [0.05, 0.1) is 5.56 Å². The van der Waals surface area contributed by atoms with Crippen molar-refractivity contribution in [2.75, 3.05) is 31.2 Å². The number of amides is 3. The molecule has 2 N–H and O–H groups in total. The Hall–Kier alpha value is -2.54. The van der Waals surface area contributed by atoms with E-state index in [1.165, 1.54) is 11.8 Å². The lowest BCUT2D eigenvalue weighted by Crippen LogP contribution is -2.42. The van der Waals surface area contributed by atoms with E-state index in [0.29, 0.717) is 31.1 Å². The van der Waals surface area contributed by atoms with Crippen LogP contribution in [0, 0.1) is 5.92 Å². The largest absolute Gasteiger partial charge is 0.339 e. The van der Waals surface area contributed by atoms with E-state index in [1.807, 2.05) is 47.6 Å². The van der Waals surface area contributed by atoms with Crippen LogP contribution in [0.4, 0.5) is 10.5 Å². The molecule has 2 heterocycles. The summed E-state index contributed by atoms with van der Waals surface area (Å²) in [6, 6.07) is 12.8. The van der Waals surface area contributed by atoms with Gasteiger partial charge in [-0.3, -0.25) is 4.79 Å². The van der Waals surface area contributed by atoms with Gasteiger partial charge in [0.2, 0.25) is 0 Å². The number of piperidine rings is 1. The molecule has 0 unspecified atom stereocenters. The van der Waals surface area contributed by atoms with Crippen molar-refractivity contribution in [3.63, 3.8) is 0 Å². The number of anilines is 1. The molecule has 2 aromatic rings. The highest BCUT2D eigenvalue weighted by atomic mass is 32.2. The summed E-state index contributed by atoms with van der Waals surface area (Å²) in [5.74, 6) is 0.421. The first kappa shape index (κ1) is 19.2. The summed E-state index contributed by atoms with van der Waals surface area (Å²) in [6.07, 6.45) is 5.40. The number of urea groups is 1. The number of aromatic nitrogens is 1. The fraction of sp³-hybridized carbons (Fsp3) is 0.350. The molecule has 1 aromatic carbocycles. The van der Waals surface area contributed by atoms with Crippen molar-refractivity contribution in [2.24, 2.45) is 5.92 Å². The molecule has 1 aliphatic heterocycles. The Bertz CT molecular complexity index is 777. The SMILES string of the molecule is CSc1ncccc1C(=O)N1CCC(CNC(=O)Nc2ccccc2)CC1. The first-order valence-corrected chi connectivity index (χ1v) is 10.3. The predicted octanol–water partition coefficient (Wildman–Crippen LogP) is 3.48. The van der Waals surface area contributed by atoms with E-state index in [-0.39, 0.29) is 11.9 Å². The third-order valence-electron chi connectivity index (χ3n) is 4.68. The summed E-state index contributed by atoms with van der Waals surface area (Å²) >= 11 is 1.49. The lowest BCUT2D eigenvalue weighted by atomic mass is 9.96. The molecule has 3 amide bonds. The Morgan fingerprint density at radius 3 is 2.59 bits per heavy atom. The van der Waals surface area contributed by atoms with Crippen molar-refractivity contribution >= 4 is 29.4 Å². The molecule has 3 rings (SSSR count). The number of benzene rings is 1. The van der Waals surface area contributed by atoms with Gasteiger partial charge in [-0.25, -0.2) is 9.78 Å². The molecule has 0 bridgehead atoms. The van der Waals surface area contributed by atoms with Gasteiger partial charge in [0.25, 0.3) is 5.91 Å². The van der Waals surface area contributed by atoms with E-state index < -0.39 is 0 Å². The third-order valence-corrected chi connectivity index (χ3v) is 5.39. The molecule has 0 radical (unpaired) electrons. The normalized spacial score (nSPS) is 14.6. The molecule has 7 heteroatoms. The monoisotopic (exact) mass is 384 g/mol. The van der Waals surface area contributed by atoms with Crippen LogP contribution in [-0.2, 0) is 0 Å². The molecule has 27 heavy (non-hydrogen) atoms. The number of thioether (sulfide) groups is 1. The van der Waals surface area contributed by atoms with Gasteiger partial charge in [-0.1, -0.05) is 18.2 Å². The average Bonchev–Trinajstić information content (AvgIpc) is 2.73. The number of nitrogens with one attached hydrogen (secondary N) is 2. The van der Waals surface area contributed by atoms with Gasteiger partial charge in [0, 0.05) is 31.5 Å². The number of hydrogen-bond acceptors (Lipinski definition) is 4. The zero-order chi connectivity index (χ0) is 19.1. The van der Waals surface area contributed by atoms with Gasteiger partial charge in [-0.2, -0.15) is 0 Å². The molecular weight excluding hydrogens is 360 g/mol. The Balaban J connectivity index is 1.45. The van der Waals surface area contributed by atoms with E-state index in [4.69, 9.17) is 0 Å². The minimum Gasteiger partial charge on any atom is -0.339 e. The molecule has 0 atom stereocenters. The zero-order valence-corrected chi connectivity index (χ0v) is 16.2. The van der Waals surface area contributed by atoms with E-state index in [0.717, 1.165) is 23.6 Å². The summed E-state index contributed by atoms with van der Waals surface area (Å²) < 4.78 is 0. The van der Waals surface area contributed by atoms with Crippen LogP contribution >= 0.6 is 11.8 Å². The zero-order valence-electron chi connectivity index (χ0n) is 15.4. The summed E-state index contributed by atoms with van der Waals surface area (Å²) in [5, 5.41) is 6.51. The second-order valence-electron chi connectivity index (χ2n) is 6.50. The summed E-state index contributed by atoms with van der Waals surface area (Å²) in [6.45, 7) is 2.02. The van der Waals surface area contributed by atoms with Crippen LogP contribution in [-0.4, -0.2) is 47.7 Å². The smallest absolute Gasteiger partial charge is 0.319 e. The number of carbonyl (C=O) groups excluding carboxylic acids is 2. The maximum atomic E-state index is 12.7. The molecular formula is C20H24N4O2S. The van der Waals surface area contributed by atoms with Gasteiger partial charge in [0.15, 0.2) is 0 Å². The van der Waals surface area contributed by atoms with Crippen molar-refractivity contribution in [3.05, 3.63) is 54.2 Å². The van der Waals surface area contributed by atoms with Crippen molar-refractivity contribution in [2.45, 2.75) is 17.9 Å². The highest BCUT2D eigenvalue weighted by Gasteiger charge is 2.25. The minimum atomic E-state index is -0.195. The number of hydrogen-bond donors (Lipinski definition) is 2. The van der Waals surface area contributed by atoms with E-state index >= 15 is 0 Å². The van der Waals surface area contributed by atoms with Crippen molar-refractivity contribution < 1.29 is 9.59 Å². The summed E-state index contributed by atoms with van der Waals surface area (Å²) in [5.41, 5.74) is 1.44. The first-order valence-electron chi connectivity index (χ1n) is 9.05. The van der Waals surface area contributed by atoms with Gasteiger partial charge in [-0.15, -0.1) is 11.8 Å². The first-order chi connectivity index (χ1) is 13.2. The standard InChI is InChI=1S/C20H24N4O2S/c1-27-18-17(8-5-11-21-18)19(25)24-12-9-15(10-13-24)14-22-20(26)23-16-6-3-2-4-7-16/h2-8,11,15H,9-10,12-14H2,1H3,(H2,22,23,26). The molecule has 6 nitrogen and oxygen atoms in total. The minimum absolute atomic E-state index is 0.0423. The summed E-state index contributed by atoms with van der Waals surface area (Å²) in [4.78, 5) is 30.9. The molecule has 0 saturated carbocycles. The highest BCUT2D eigenvalue weighted by Crippen LogP contribution is 2.22. The van der Waals surface area contributed by atoms with Crippen molar-refractivity contribution in [1.82, 2.24) is 15.2 Å². The molecule has 0 spiro atoms. The second kappa shape index (κ2) is 9.41. The number of likely N-dealkylation sites (tertiary alicyclic amines) is 1. The number of carbonyl (C=O) groups is 2. The van der Waals surface area contributed by atoms with E-state index in [9.17, 15) is 9.59 Å². The van der Waals surface area contributed by atoms with Gasteiger partial charge >= 0.3 is 6.03 Å². The Kier molecular flexibility index (Phi) is 6.70. The second-order valence-corrected chi connectivity index (χ2v) is 7.29. The van der Waals surface area contributed by atoms with Crippen LogP contribution < -0.4 is 10.6 Å². The quantitative estimate of drug-likeness (QED) is 0.774. The van der Waals surface area contributed by atoms with Crippen molar-refractivity contribution in [3.8, 4) is 0 Å². The average molecular weight is 385 g/mol. The molecule has 0 aliphatic carbocycles. The van der Waals surface area contributed by atoms with Crippen LogP contribution in [0.5, 0.6) is 0 Å². The molecule has 1 fully saturated rings. The topological polar surface area (TPSA) is 74.3 Å². The van der Waals surface area contributed by atoms with Crippen LogP contribution in [0.3, 0.4) is 0 Å². The lowest BCUT2D eigenvalue weighted by Gasteiger charge is -2.32. The van der Waals surface area contributed by atoms with Gasteiger partial charge in [0.1, 0.15) is 5.03 Å². The van der Waals surface area contributed by atoms with Crippen LogP contribution in [0.2, 0.25) is 0 Å². The van der Waals surface area contributed by atoms with Gasteiger partial charge in [-0.05, 0) is 49.3 Å². The molecule has 1 saturated heterocycles. The van der Waals surface area contributed by atoms with Crippen LogP contribution in [0.1, 0.15) is 23.2 Å². The van der Waals surface area contributed by atoms with E-state index in [2.05, 4.69) is 15.6 Å². The van der Waals surface area contributed by atoms with Crippen LogP contribution in [0.15, 0.2) is 53.7 Å². The Labute approximate surface area is 163 Å². The predicted molar refractivity (Wildman–Crippen MR) is 108 cm³/mol. The number of para-hydroxylation sites is 1. The number of pyridine rings is 1.